The molecule has 3 heteroatoms. The molecule has 0 saturated carbocycles. The van der Waals surface area contributed by atoms with Crippen LogP contribution in [0.4, 0.5) is 0 Å². The number of hydrogen-bond donors (Lipinski definition) is 1. The molecule has 0 aromatic heterocycles. The lowest BCUT2D eigenvalue weighted by molar-refractivity contribution is -0.133. The quantitative estimate of drug-likeness (QED) is 0.582. The molecule has 86 valence electrons. The summed E-state index contributed by atoms with van der Waals surface area (Å²) in [5, 5.41) is 3.36. The molecular weight excluding hydrogens is 178 g/mol. The molecule has 0 aromatic rings. The van der Waals surface area contributed by atoms with Crippen molar-refractivity contribution in [2.75, 3.05) is 26.3 Å². The summed E-state index contributed by atoms with van der Waals surface area (Å²) in [6.07, 6.45) is 1.12. The average Bonchev–Trinajstić information content (AvgIpc) is 2.18. The van der Waals surface area contributed by atoms with Gasteiger partial charge in [0.05, 0.1) is 0 Å². The molecule has 1 unspecified atom stereocenters. The molecule has 1 atom stereocenters. The van der Waals surface area contributed by atoms with Crippen LogP contribution >= 0.6 is 0 Å². The molecule has 0 aliphatic carbocycles. The molecule has 0 rings (SSSR count). The number of ether oxygens (including phenoxy) is 2. The van der Waals surface area contributed by atoms with Gasteiger partial charge in [0.25, 0.3) is 0 Å². The molecule has 0 bridgehead atoms. The molecular formula is C11H25NO2. The van der Waals surface area contributed by atoms with Crippen molar-refractivity contribution in [1.29, 1.82) is 0 Å². The molecule has 0 aliphatic rings. The summed E-state index contributed by atoms with van der Waals surface area (Å²) in [4.78, 5) is 0. The topological polar surface area (TPSA) is 30.5 Å². The third-order valence-electron chi connectivity index (χ3n) is 2.21. The summed E-state index contributed by atoms with van der Waals surface area (Å²) in [7, 11) is 0. The maximum absolute atomic E-state index is 5.41. The molecule has 0 aliphatic heterocycles. The second-order valence-corrected chi connectivity index (χ2v) is 3.51. The number of rotatable bonds is 9. The minimum atomic E-state index is -0.0888. The Kier molecular flexibility index (Phi) is 9.35. The minimum absolute atomic E-state index is 0.0888. The standard InChI is InChI=1S/C11H25NO2/c1-5-10(4)8-12-9-11(13-6-2)14-7-3/h10-12H,5-9H2,1-4H3. The normalized spacial score (nSPS) is 13.5. The van der Waals surface area contributed by atoms with Crippen molar-refractivity contribution in [3.63, 3.8) is 0 Å². The van der Waals surface area contributed by atoms with Crippen LogP contribution in [0.15, 0.2) is 0 Å². The van der Waals surface area contributed by atoms with E-state index in [0.717, 1.165) is 19.0 Å². The molecule has 14 heavy (non-hydrogen) atoms. The summed E-state index contributed by atoms with van der Waals surface area (Å²) in [5.74, 6) is 0.721. The van der Waals surface area contributed by atoms with Gasteiger partial charge >= 0.3 is 0 Å². The molecule has 0 heterocycles. The number of hydrogen-bond acceptors (Lipinski definition) is 3. The van der Waals surface area contributed by atoms with Crippen LogP contribution in [0.5, 0.6) is 0 Å². The van der Waals surface area contributed by atoms with Crippen LogP contribution in [0.1, 0.15) is 34.1 Å². The van der Waals surface area contributed by atoms with Crippen molar-refractivity contribution in [2.24, 2.45) is 5.92 Å². The second kappa shape index (κ2) is 9.44. The van der Waals surface area contributed by atoms with Crippen LogP contribution in [0, 0.1) is 5.92 Å². The van der Waals surface area contributed by atoms with Crippen LogP contribution in [-0.4, -0.2) is 32.6 Å². The van der Waals surface area contributed by atoms with Gasteiger partial charge in [0.15, 0.2) is 6.29 Å². The van der Waals surface area contributed by atoms with Crippen LogP contribution in [0.2, 0.25) is 0 Å². The molecule has 3 nitrogen and oxygen atoms in total. The lowest BCUT2D eigenvalue weighted by Crippen LogP contribution is -2.33. The van der Waals surface area contributed by atoms with Crippen LogP contribution < -0.4 is 5.32 Å². The fourth-order valence-electron chi connectivity index (χ4n) is 1.13. The van der Waals surface area contributed by atoms with Gasteiger partial charge in [-0.1, -0.05) is 20.3 Å². The SMILES string of the molecule is CCOC(CNCC(C)CC)OCC. The zero-order valence-corrected chi connectivity index (χ0v) is 10.0. The van der Waals surface area contributed by atoms with E-state index in [4.69, 9.17) is 9.47 Å². The van der Waals surface area contributed by atoms with E-state index in [9.17, 15) is 0 Å². The van der Waals surface area contributed by atoms with Crippen LogP contribution in [-0.2, 0) is 9.47 Å². The zero-order chi connectivity index (χ0) is 10.8. The lowest BCUT2D eigenvalue weighted by Gasteiger charge is -2.18. The Labute approximate surface area is 88.2 Å². The van der Waals surface area contributed by atoms with Gasteiger partial charge < -0.3 is 14.8 Å². The first-order valence-electron chi connectivity index (χ1n) is 5.68. The molecule has 0 saturated heterocycles. The van der Waals surface area contributed by atoms with E-state index in [1.807, 2.05) is 13.8 Å². The largest absolute Gasteiger partial charge is 0.352 e. The third kappa shape index (κ3) is 7.30. The molecule has 1 N–H and O–H groups in total. The van der Waals surface area contributed by atoms with Gasteiger partial charge in [0, 0.05) is 19.8 Å². The summed E-state index contributed by atoms with van der Waals surface area (Å²) in [6.45, 7) is 11.6. The first kappa shape index (κ1) is 13.9. The molecule has 0 spiro atoms. The molecule has 0 amide bonds. The Hall–Kier alpha value is -0.120. The summed E-state index contributed by atoms with van der Waals surface area (Å²) in [5.41, 5.74) is 0. The van der Waals surface area contributed by atoms with Crippen molar-refractivity contribution in [3.8, 4) is 0 Å². The Bertz CT molecular complexity index is 114. The van der Waals surface area contributed by atoms with Crippen LogP contribution in [0.25, 0.3) is 0 Å². The Balaban J connectivity index is 3.49. The first-order chi connectivity index (χ1) is 6.74. The van der Waals surface area contributed by atoms with E-state index in [1.165, 1.54) is 6.42 Å². The van der Waals surface area contributed by atoms with Gasteiger partial charge in [0.2, 0.25) is 0 Å². The highest BCUT2D eigenvalue weighted by atomic mass is 16.7. The second-order valence-electron chi connectivity index (χ2n) is 3.51. The van der Waals surface area contributed by atoms with Crippen molar-refractivity contribution in [3.05, 3.63) is 0 Å². The van der Waals surface area contributed by atoms with Gasteiger partial charge in [-0.25, -0.2) is 0 Å². The monoisotopic (exact) mass is 203 g/mol. The van der Waals surface area contributed by atoms with Crippen LogP contribution in [0.3, 0.4) is 0 Å². The lowest BCUT2D eigenvalue weighted by atomic mass is 10.1. The Morgan fingerprint density at radius 1 is 1.00 bits per heavy atom. The van der Waals surface area contributed by atoms with E-state index in [0.29, 0.717) is 13.2 Å². The van der Waals surface area contributed by atoms with Crippen molar-refractivity contribution < 1.29 is 9.47 Å². The highest BCUT2D eigenvalue weighted by Gasteiger charge is 2.07. The van der Waals surface area contributed by atoms with Gasteiger partial charge in [-0.2, -0.15) is 0 Å². The summed E-state index contributed by atoms with van der Waals surface area (Å²) < 4.78 is 10.8. The van der Waals surface area contributed by atoms with E-state index >= 15 is 0 Å². The summed E-state index contributed by atoms with van der Waals surface area (Å²) >= 11 is 0. The van der Waals surface area contributed by atoms with Gasteiger partial charge in [-0.05, 0) is 26.3 Å². The molecule has 0 fully saturated rings. The average molecular weight is 203 g/mol. The zero-order valence-electron chi connectivity index (χ0n) is 10.0. The highest BCUT2D eigenvalue weighted by molar-refractivity contribution is 4.56. The van der Waals surface area contributed by atoms with Gasteiger partial charge in [0.1, 0.15) is 0 Å². The van der Waals surface area contributed by atoms with Crippen molar-refractivity contribution in [1.82, 2.24) is 5.32 Å². The van der Waals surface area contributed by atoms with E-state index < -0.39 is 0 Å². The molecule has 0 aromatic carbocycles. The molecule has 0 radical (unpaired) electrons. The first-order valence-corrected chi connectivity index (χ1v) is 5.68. The fourth-order valence-corrected chi connectivity index (χ4v) is 1.13. The number of nitrogens with one attached hydrogen (secondary N) is 1. The van der Waals surface area contributed by atoms with Gasteiger partial charge in [-0.3, -0.25) is 0 Å². The van der Waals surface area contributed by atoms with E-state index in [-0.39, 0.29) is 6.29 Å². The van der Waals surface area contributed by atoms with Crippen molar-refractivity contribution in [2.45, 2.75) is 40.4 Å². The Morgan fingerprint density at radius 3 is 2.00 bits per heavy atom. The van der Waals surface area contributed by atoms with Crippen molar-refractivity contribution >= 4 is 0 Å². The fraction of sp³-hybridized carbons (Fsp3) is 1.00. The third-order valence-corrected chi connectivity index (χ3v) is 2.21. The van der Waals surface area contributed by atoms with Gasteiger partial charge in [-0.15, -0.1) is 0 Å². The Morgan fingerprint density at radius 2 is 1.57 bits per heavy atom. The maximum atomic E-state index is 5.41. The summed E-state index contributed by atoms with van der Waals surface area (Å²) in [6, 6.07) is 0. The minimum Gasteiger partial charge on any atom is -0.352 e. The smallest absolute Gasteiger partial charge is 0.169 e. The van der Waals surface area contributed by atoms with E-state index in [2.05, 4.69) is 19.2 Å². The highest BCUT2D eigenvalue weighted by Crippen LogP contribution is 1.98. The van der Waals surface area contributed by atoms with E-state index in [1.54, 1.807) is 0 Å². The maximum Gasteiger partial charge on any atom is 0.169 e. The predicted octanol–water partition coefficient (Wildman–Crippen LogP) is 2.02. The predicted molar refractivity (Wildman–Crippen MR) is 59.4 cm³/mol.